The molecule has 27 heavy (non-hydrogen) atoms. The lowest BCUT2D eigenvalue weighted by molar-refractivity contribution is -0.179. The third-order valence-corrected chi connectivity index (χ3v) is 5.37. The maximum atomic E-state index is 12.8. The first-order valence-corrected chi connectivity index (χ1v) is 9.14. The molecule has 0 spiro atoms. The Labute approximate surface area is 156 Å². The van der Waals surface area contributed by atoms with Crippen LogP contribution >= 0.6 is 0 Å². The van der Waals surface area contributed by atoms with Crippen LogP contribution in [0.3, 0.4) is 0 Å². The van der Waals surface area contributed by atoms with E-state index in [9.17, 15) is 13.2 Å². The van der Waals surface area contributed by atoms with Crippen molar-refractivity contribution >= 4 is 28.0 Å². The van der Waals surface area contributed by atoms with Gasteiger partial charge in [-0.1, -0.05) is 6.07 Å². The maximum Gasteiger partial charge on any atom is 0.391 e. The highest BCUT2D eigenvalue weighted by Crippen LogP contribution is 2.35. The molecule has 1 aromatic heterocycles. The summed E-state index contributed by atoms with van der Waals surface area (Å²) in [6.45, 7) is 0.891. The number of anilines is 3. The number of rotatable bonds is 3. The second-order valence-electron chi connectivity index (χ2n) is 7.18. The quantitative estimate of drug-likeness (QED) is 0.635. The summed E-state index contributed by atoms with van der Waals surface area (Å²) in [6.07, 6.45) is -1.70. The minimum Gasteiger partial charge on any atom is -0.372 e. The highest BCUT2D eigenvalue weighted by Gasteiger charge is 2.41. The first kappa shape index (κ1) is 17.8. The van der Waals surface area contributed by atoms with Crippen molar-refractivity contribution in [1.29, 1.82) is 0 Å². The molecule has 0 aliphatic carbocycles. The molecule has 142 valence electrons. The summed E-state index contributed by atoms with van der Waals surface area (Å²) in [7, 11) is 2.02. The standard InChI is InChI=1S/C21H22F3N3/c1-26-11-8-15-2-3-18(14-20(15)26)25-17-4-6-19(7-5-17)27-12-9-16(10-13-27)21(22,23)24/h2-8,11,14,16,25H,9-10,12-13H2,1H3. The van der Waals surface area contributed by atoms with Gasteiger partial charge in [-0.15, -0.1) is 0 Å². The number of aromatic nitrogens is 1. The molecule has 4 rings (SSSR count). The monoisotopic (exact) mass is 373 g/mol. The molecular weight excluding hydrogens is 351 g/mol. The minimum atomic E-state index is -4.07. The summed E-state index contributed by atoms with van der Waals surface area (Å²) in [6, 6.07) is 16.2. The van der Waals surface area contributed by atoms with Gasteiger partial charge >= 0.3 is 6.18 Å². The molecule has 1 aliphatic heterocycles. The Bertz CT molecular complexity index is 920. The number of piperidine rings is 1. The summed E-state index contributed by atoms with van der Waals surface area (Å²) in [5, 5.41) is 4.58. The smallest absolute Gasteiger partial charge is 0.372 e. The van der Waals surface area contributed by atoms with Crippen LogP contribution in [0.2, 0.25) is 0 Å². The van der Waals surface area contributed by atoms with E-state index >= 15 is 0 Å². The van der Waals surface area contributed by atoms with E-state index in [-0.39, 0.29) is 12.8 Å². The fourth-order valence-corrected chi connectivity index (χ4v) is 3.73. The maximum absolute atomic E-state index is 12.8. The molecule has 0 bridgehead atoms. The first-order chi connectivity index (χ1) is 12.9. The Morgan fingerprint density at radius 2 is 1.59 bits per heavy atom. The average Bonchev–Trinajstić information content (AvgIpc) is 3.02. The van der Waals surface area contributed by atoms with Crippen molar-refractivity contribution < 1.29 is 13.2 Å². The van der Waals surface area contributed by atoms with Gasteiger partial charge in [-0.25, -0.2) is 0 Å². The zero-order chi connectivity index (χ0) is 19.0. The van der Waals surface area contributed by atoms with E-state index in [0.717, 1.165) is 22.6 Å². The molecule has 3 nitrogen and oxygen atoms in total. The van der Waals surface area contributed by atoms with Crippen molar-refractivity contribution in [3.63, 3.8) is 0 Å². The highest BCUT2D eigenvalue weighted by molar-refractivity contribution is 5.84. The summed E-state index contributed by atoms with van der Waals surface area (Å²) in [5.41, 5.74) is 4.09. The van der Waals surface area contributed by atoms with E-state index in [2.05, 4.69) is 28.1 Å². The number of nitrogens with one attached hydrogen (secondary N) is 1. The van der Waals surface area contributed by atoms with E-state index in [0.29, 0.717) is 13.1 Å². The van der Waals surface area contributed by atoms with Crippen LogP contribution < -0.4 is 10.2 Å². The largest absolute Gasteiger partial charge is 0.391 e. The van der Waals surface area contributed by atoms with Crippen molar-refractivity contribution in [2.45, 2.75) is 19.0 Å². The molecule has 1 saturated heterocycles. The third-order valence-electron chi connectivity index (χ3n) is 5.37. The van der Waals surface area contributed by atoms with Gasteiger partial charge < -0.3 is 14.8 Å². The van der Waals surface area contributed by atoms with Crippen molar-refractivity contribution in [3.05, 3.63) is 54.7 Å². The van der Waals surface area contributed by atoms with E-state index in [1.54, 1.807) is 0 Å². The zero-order valence-corrected chi connectivity index (χ0v) is 15.1. The fraction of sp³-hybridized carbons (Fsp3) is 0.333. The van der Waals surface area contributed by atoms with Gasteiger partial charge in [0.2, 0.25) is 0 Å². The lowest BCUT2D eigenvalue weighted by Gasteiger charge is -2.34. The highest BCUT2D eigenvalue weighted by atomic mass is 19.4. The van der Waals surface area contributed by atoms with E-state index in [1.807, 2.05) is 48.5 Å². The number of hydrogen-bond acceptors (Lipinski definition) is 2. The molecule has 2 aromatic carbocycles. The third kappa shape index (κ3) is 3.75. The number of hydrogen-bond donors (Lipinski definition) is 1. The van der Waals surface area contributed by atoms with Crippen LogP contribution in [0.25, 0.3) is 10.9 Å². The van der Waals surface area contributed by atoms with Gasteiger partial charge in [0.1, 0.15) is 0 Å². The second kappa shape index (κ2) is 6.83. The Hall–Kier alpha value is -2.63. The van der Waals surface area contributed by atoms with Gasteiger partial charge in [0.05, 0.1) is 5.92 Å². The minimum absolute atomic E-state index is 0.167. The van der Waals surface area contributed by atoms with Gasteiger partial charge in [-0.3, -0.25) is 0 Å². The second-order valence-corrected chi connectivity index (χ2v) is 7.18. The SMILES string of the molecule is Cn1ccc2ccc(Nc3ccc(N4CCC(C(F)(F)F)CC4)cc3)cc21. The Balaban J connectivity index is 1.42. The van der Waals surface area contributed by atoms with Crippen molar-refractivity contribution in [2.75, 3.05) is 23.3 Å². The predicted octanol–water partition coefficient (Wildman–Crippen LogP) is 5.70. The summed E-state index contributed by atoms with van der Waals surface area (Å²) >= 11 is 0. The Morgan fingerprint density at radius 3 is 2.26 bits per heavy atom. The molecule has 3 aromatic rings. The van der Waals surface area contributed by atoms with E-state index in [1.165, 1.54) is 5.39 Å². The average molecular weight is 373 g/mol. The zero-order valence-electron chi connectivity index (χ0n) is 15.1. The van der Waals surface area contributed by atoms with E-state index < -0.39 is 12.1 Å². The van der Waals surface area contributed by atoms with Gasteiger partial charge in [0, 0.05) is 48.9 Å². The fourth-order valence-electron chi connectivity index (χ4n) is 3.73. The molecular formula is C21H22F3N3. The van der Waals surface area contributed by atoms with Crippen LogP contribution in [0.4, 0.5) is 30.2 Å². The molecule has 1 N–H and O–H groups in total. The molecule has 0 unspecified atom stereocenters. The molecule has 2 heterocycles. The molecule has 0 radical (unpaired) electrons. The normalized spacial score (nSPS) is 16.1. The number of benzene rings is 2. The number of alkyl halides is 3. The molecule has 1 fully saturated rings. The lowest BCUT2D eigenvalue weighted by atomic mass is 9.96. The van der Waals surface area contributed by atoms with Crippen LogP contribution in [-0.2, 0) is 7.05 Å². The summed E-state index contributed by atoms with van der Waals surface area (Å²) in [4.78, 5) is 2.03. The van der Waals surface area contributed by atoms with Crippen molar-refractivity contribution in [1.82, 2.24) is 4.57 Å². The first-order valence-electron chi connectivity index (χ1n) is 9.14. The van der Waals surface area contributed by atoms with Gasteiger partial charge in [0.15, 0.2) is 0 Å². The number of nitrogens with zero attached hydrogens (tertiary/aromatic N) is 2. The van der Waals surface area contributed by atoms with Crippen LogP contribution in [0.5, 0.6) is 0 Å². The molecule has 0 amide bonds. The van der Waals surface area contributed by atoms with Crippen molar-refractivity contribution in [2.24, 2.45) is 13.0 Å². The van der Waals surface area contributed by atoms with E-state index in [4.69, 9.17) is 0 Å². The molecule has 6 heteroatoms. The topological polar surface area (TPSA) is 20.2 Å². The lowest BCUT2D eigenvalue weighted by Crippen LogP contribution is -2.38. The summed E-state index contributed by atoms with van der Waals surface area (Å²) in [5.74, 6) is -1.16. The molecule has 0 saturated carbocycles. The van der Waals surface area contributed by atoms with Crippen LogP contribution in [0.1, 0.15) is 12.8 Å². The molecule has 1 aliphatic rings. The van der Waals surface area contributed by atoms with Crippen LogP contribution in [0.15, 0.2) is 54.7 Å². The van der Waals surface area contributed by atoms with Gasteiger partial charge in [-0.2, -0.15) is 13.2 Å². The van der Waals surface area contributed by atoms with Crippen LogP contribution in [0, 0.1) is 5.92 Å². The van der Waals surface area contributed by atoms with Gasteiger partial charge in [-0.05, 0) is 60.7 Å². The van der Waals surface area contributed by atoms with Gasteiger partial charge in [0.25, 0.3) is 0 Å². The number of aryl methyl sites for hydroxylation is 1. The predicted molar refractivity (Wildman–Crippen MR) is 104 cm³/mol. The molecule has 0 atom stereocenters. The Morgan fingerprint density at radius 1 is 0.926 bits per heavy atom. The number of fused-ring (bicyclic) bond motifs is 1. The van der Waals surface area contributed by atoms with Crippen molar-refractivity contribution in [3.8, 4) is 0 Å². The Kier molecular flexibility index (Phi) is 4.50. The summed E-state index contributed by atoms with van der Waals surface area (Å²) < 4.78 is 40.5. The number of halogens is 3. The van der Waals surface area contributed by atoms with Crippen LogP contribution in [-0.4, -0.2) is 23.8 Å².